The van der Waals surface area contributed by atoms with Gasteiger partial charge < -0.3 is 20.5 Å². The molecule has 0 spiro atoms. The topological polar surface area (TPSA) is 117 Å². The molecular weight excluding hydrogens is 278 g/mol. The van der Waals surface area contributed by atoms with Gasteiger partial charge in [0.05, 0.1) is 24.6 Å². The zero-order chi connectivity index (χ0) is 15.7. The molecule has 0 fully saturated rings. The summed E-state index contributed by atoms with van der Waals surface area (Å²) < 4.78 is 10.1. The highest BCUT2D eigenvalue weighted by atomic mass is 16.6. The minimum atomic E-state index is -0.517. The Morgan fingerprint density at radius 2 is 2.19 bits per heavy atom. The van der Waals surface area contributed by atoms with Crippen LogP contribution in [0.4, 0.5) is 5.69 Å². The van der Waals surface area contributed by atoms with Gasteiger partial charge in [0.25, 0.3) is 0 Å². The molecule has 0 heterocycles. The fourth-order valence-corrected chi connectivity index (χ4v) is 1.61. The predicted octanol–water partition coefficient (Wildman–Crippen LogP) is 0.585. The van der Waals surface area contributed by atoms with Gasteiger partial charge in [0, 0.05) is 26.3 Å². The van der Waals surface area contributed by atoms with Gasteiger partial charge in [-0.25, -0.2) is 0 Å². The molecule has 1 rings (SSSR count). The SMILES string of the molecule is COCCNCc1ccc(OCCC(N)=O)c([N+](=O)[O-])c1. The Morgan fingerprint density at radius 1 is 1.43 bits per heavy atom. The number of amides is 1. The average molecular weight is 297 g/mol. The number of rotatable bonds is 10. The summed E-state index contributed by atoms with van der Waals surface area (Å²) in [6, 6.07) is 4.69. The van der Waals surface area contributed by atoms with E-state index in [0.717, 1.165) is 5.56 Å². The first kappa shape index (κ1) is 16.9. The summed E-state index contributed by atoms with van der Waals surface area (Å²) in [6.45, 7) is 1.73. The number of ether oxygens (including phenoxy) is 2. The Balaban J connectivity index is 2.67. The maximum Gasteiger partial charge on any atom is 0.311 e. The van der Waals surface area contributed by atoms with Gasteiger partial charge in [0.1, 0.15) is 0 Å². The van der Waals surface area contributed by atoms with Crippen LogP contribution in [0.1, 0.15) is 12.0 Å². The van der Waals surface area contributed by atoms with Gasteiger partial charge in [-0.05, 0) is 11.6 Å². The molecule has 0 radical (unpaired) electrons. The number of carbonyl (C=O) groups excluding carboxylic acids is 1. The molecule has 1 amide bonds. The lowest BCUT2D eigenvalue weighted by Crippen LogP contribution is -2.18. The van der Waals surface area contributed by atoms with Crippen molar-refractivity contribution >= 4 is 11.6 Å². The molecule has 1 aromatic rings. The van der Waals surface area contributed by atoms with E-state index in [9.17, 15) is 14.9 Å². The summed E-state index contributed by atoms with van der Waals surface area (Å²) in [5.74, 6) is -0.390. The number of benzene rings is 1. The molecule has 21 heavy (non-hydrogen) atoms. The van der Waals surface area contributed by atoms with Crippen molar-refractivity contribution in [3.63, 3.8) is 0 Å². The van der Waals surface area contributed by atoms with E-state index in [2.05, 4.69) is 5.32 Å². The number of hydrogen-bond donors (Lipinski definition) is 2. The van der Waals surface area contributed by atoms with Crippen LogP contribution >= 0.6 is 0 Å². The molecule has 0 saturated carbocycles. The van der Waals surface area contributed by atoms with Crippen molar-refractivity contribution in [3.05, 3.63) is 33.9 Å². The lowest BCUT2D eigenvalue weighted by atomic mass is 10.2. The number of primary amides is 1. The van der Waals surface area contributed by atoms with Gasteiger partial charge >= 0.3 is 5.69 Å². The van der Waals surface area contributed by atoms with Gasteiger partial charge in [-0.1, -0.05) is 6.07 Å². The number of hydrogen-bond acceptors (Lipinski definition) is 6. The third kappa shape index (κ3) is 6.19. The summed E-state index contributed by atoms with van der Waals surface area (Å²) in [5.41, 5.74) is 5.62. The molecule has 0 atom stereocenters. The van der Waals surface area contributed by atoms with E-state index >= 15 is 0 Å². The quantitative estimate of drug-likeness (QED) is 0.371. The number of nitrogens with two attached hydrogens (primary N) is 1. The second-order valence-corrected chi connectivity index (χ2v) is 4.29. The fraction of sp³-hybridized carbons (Fsp3) is 0.462. The van der Waals surface area contributed by atoms with Crippen LogP contribution in [0, 0.1) is 10.1 Å². The molecular formula is C13H19N3O5. The first-order valence-electron chi connectivity index (χ1n) is 6.42. The summed E-state index contributed by atoms with van der Waals surface area (Å²) >= 11 is 0. The Hall–Kier alpha value is -2.19. The predicted molar refractivity (Wildman–Crippen MR) is 76.0 cm³/mol. The molecule has 8 nitrogen and oxygen atoms in total. The highest BCUT2D eigenvalue weighted by Gasteiger charge is 2.16. The second kappa shape index (κ2) is 8.88. The third-order valence-corrected chi connectivity index (χ3v) is 2.64. The maximum absolute atomic E-state index is 11.0. The van der Waals surface area contributed by atoms with Crippen molar-refractivity contribution in [3.8, 4) is 5.75 Å². The fourth-order valence-electron chi connectivity index (χ4n) is 1.61. The van der Waals surface area contributed by atoms with Crippen LogP contribution in [-0.4, -0.2) is 37.7 Å². The van der Waals surface area contributed by atoms with Crippen LogP contribution in [0.25, 0.3) is 0 Å². The first-order valence-corrected chi connectivity index (χ1v) is 6.42. The molecule has 8 heteroatoms. The molecule has 1 aromatic carbocycles. The minimum absolute atomic E-state index is 0.0114. The van der Waals surface area contributed by atoms with Gasteiger partial charge in [0.2, 0.25) is 5.91 Å². The number of nitro groups is 1. The van der Waals surface area contributed by atoms with Crippen LogP contribution in [0.3, 0.4) is 0 Å². The number of methoxy groups -OCH3 is 1. The van der Waals surface area contributed by atoms with Crippen LogP contribution in [0.5, 0.6) is 5.75 Å². The summed E-state index contributed by atoms with van der Waals surface area (Å²) in [6.07, 6.45) is 0.0114. The number of nitrogens with one attached hydrogen (secondary N) is 1. The molecule has 0 aliphatic heterocycles. The largest absolute Gasteiger partial charge is 0.486 e. The Kier molecular flexibility index (Phi) is 7.13. The summed E-state index contributed by atoms with van der Waals surface area (Å²) in [5, 5.41) is 14.1. The molecule has 0 bridgehead atoms. The van der Waals surface area contributed by atoms with Crippen molar-refractivity contribution in [2.45, 2.75) is 13.0 Å². The van der Waals surface area contributed by atoms with Gasteiger partial charge in [-0.15, -0.1) is 0 Å². The normalized spacial score (nSPS) is 10.3. The Bertz CT molecular complexity index is 493. The van der Waals surface area contributed by atoms with E-state index in [4.69, 9.17) is 15.2 Å². The van der Waals surface area contributed by atoms with Gasteiger partial charge in [-0.3, -0.25) is 14.9 Å². The molecule has 0 aromatic heterocycles. The smallest absolute Gasteiger partial charge is 0.311 e. The molecule has 0 saturated heterocycles. The van der Waals surface area contributed by atoms with E-state index < -0.39 is 10.8 Å². The number of nitrogens with zero attached hydrogens (tertiary/aromatic N) is 1. The second-order valence-electron chi connectivity index (χ2n) is 4.29. The minimum Gasteiger partial charge on any atom is -0.486 e. The van der Waals surface area contributed by atoms with Crippen molar-refractivity contribution in [1.29, 1.82) is 0 Å². The Labute approximate surface area is 122 Å². The van der Waals surface area contributed by atoms with E-state index in [1.165, 1.54) is 12.1 Å². The van der Waals surface area contributed by atoms with E-state index in [-0.39, 0.29) is 24.5 Å². The zero-order valence-corrected chi connectivity index (χ0v) is 11.8. The lowest BCUT2D eigenvalue weighted by Gasteiger charge is -2.08. The molecule has 3 N–H and O–H groups in total. The van der Waals surface area contributed by atoms with Gasteiger partial charge in [-0.2, -0.15) is 0 Å². The van der Waals surface area contributed by atoms with Crippen molar-refractivity contribution in [2.24, 2.45) is 5.73 Å². The number of nitro benzene ring substituents is 1. The molecule has 0 aliphatic rings. The molecule has 0 unspecified atom stereocenters. The van der Waals surface area contributed by atoms with Crippen LogP contribution < -0.4 is 15.8 Å². The number of carbonyl (C=O) groups is 1. The van der Waals surface area contributed by atoms with E-state index in [0.29, 0.717) is 19.7 Å². The zero-order valence-electron chi connectivity index (χ0n) is 11.8. The third-order valence-electron chi connectivity index (χ3n) is 2.64. The molecule has 116 valence electrons. The van der Waals surface area contributed by atoms with Crippen molar-refractivity contribution in [1.82, 2.24) is 5.32 Å². The monoisotopic (exact) mass is 297 g/mol. The summed E-state index contributed by atoms with van der Waals surface area (Å²) in [7, 11) is 1.60. The Morgan fingerprint density at radius 3 is 2.81 bits per heavy atom. The standard InChI is InChI=1S/C13H19N3O5/c1-20-7-5-15-9-10-2-3-12(11(8-10)16(18)19)21-6-4-13(14)17/h2-3,8,15H,4-7,9H2,1H3,(H2,14,17). The van der Waals surface area contributed by atoms with Crippen molar-refractivity contribution in [2.75, 3.05) is 26.9 Å². The van der Waals surface area contributed by atoms with Crippen molar-refractivity contribution < 1.29 is 19.2 Å². The van der Waals surface area contributed by atoms with Crippen LogP contribution in [0.15, 0.2) is 18.2 Å². The van der Waals surface area contributed by atoms with Gasteiger partial charge in [0.15, 0.2) is 5.75 Å². The lowest BCUT2D eigenvalue weighted by molar-refractivity contribution is -0.385. The average Bonchev–Trinajstić information content (AvgIpc) is 2.44. The maximum atomic E-state index is 11.0. The first-order chi connectivity index (χ1) is 10.0. The van der Waals surface area contributed by atoms with Crippen LogP contribution in [-0.2, 0) is 16.1 Å². The van der Waals surface area contributed by atoms with E-state index in [1.807, 2.05) is 0 Å². The highest BCUT2D eigenvalue weighted by Crippen LogP contribution is 2.28. The highest BCUT2D eigenvalue weighted by molar-refractivity contribution is 5.73. The van der Waals surface area contributed by atoms with E-state index in [1.54, 1.807) is 13.2 Å². The van der Waals surface area contributed by atoms with Crippen LogP contribution in [0.2, 0.25) is 0 Å². The summed E-state index contributed by atoms with van der Waals surface area (Å²) in [4.78, 5) is 21.1. The molecule has 0 aliphatic carbocycles.